The van der Waals surface area contributed by atoms with Gasteiger partial charge in [0.05, 0.1) is 5.69 Å². The minimum absolute atomic E-state index is 0.141. The number of aromatic nitrogens is 2. The van der Waals surface area contributed by atoms with Crippen LogP contribution in [0.4, 0.5) is 15.6 Å². The van der Waals surface area contributed by atoms with E-state index in [0.29, 0.717) is 31.3 Å². The molecule has 0 bridgehead atoms. The highest BCUT2D eigenvalue weighted by atomic mass is 32.1. The normalized spacial score (nSPS) is 14.5. The summed E-state index contributed by atoms with van der Waals surface area (Å²) >= 11 is 1.45. The number of carbonyl (C=O) groups is 1. The van der Waals surface area contributed by atoms with Crippen molar-refractivity contribution in [1.82, 2.24) is 15.1 Å². The first-order chi connectivity index (χ1) is 12.7. The third kappa shape index (κ3) is 4.63. The number of phenols is 1. The van der Waals surface area contributed by atoms with Gasteiger partial charge < -0.3 is 14.9 Å². The third-order valence-corrected chi connectivity index (χ3v) is 5.36. The van der Waals surface area contributed by atoms with E-state index in [1.165, 1.54) is 24.2 Å². The van der Waals surface area contributed by atoms with E-state index in [-0.39, 0.29) is 11.8 Å². The number of aromatic hydroxyl groups is 1. The number of urea groups is 1. The smallest absolute Gasteiger partial charge is 0.323 e. The lowest BCUT2D eigenvalue weighted by atomic mass is 10.2. The van der Waals surface area contributed by atoms with Gasteiger partial charge in [-0.15, -0.1) is 10.2 Å². The minimum Gasteiger partial charge on any atom is -0.506 e. The predicted octanol–water partition coefficient (Wildman–Crippen LogP) is 3.33. The fourth-order valence-electron chi connectivity index (χ4n) is 2.98. The predicted molar refractivity (Wildman–Crippen MR) is 104 cm³/mol. The summed E-state index contributed by atoms with van der Waals surface area (Å²) in [6, 6.07) is 7.15. The second-order valence-corrected chi connectivity index (χ2v) is 7.41. The van der Waals surface area contributed by atoms with Gasteiger partial charge in [0.2, 0.25) is 5.13 Å². The number of hydrogen-bond acceptors (Lipinski definition) is 6. The van der Waals surface area contributed by atoms with Crippen molar-refractivity contribution in [3.8, 4) is 5.75 Å². The van der Waals surface area contributed by atoms with Crippen molar-refractivity contribution in [3.63, 3.8) is 0 Å². The zero-order valence-electron chi connectivity index (χ0n) is 15.0. The van der Waals surface area contributed by atoms with Crippen molar-refractivity contribution in [2.75, 3.05) is 36.4 Å². The largest absolute Gasteiger partial charge is 0.506 e. The Hall–Kier alpha value is -2.35. The van der Waals surface area contributed by atoms with Gasteiger partial charge in [0, 0.05) is 32.6 Å². The minimum atomic E-state index is -0.141. The highest BCUT2D eigenvalue weighted by Gasteiger charge is 2.23. The summed E-state index contributed by atoms with van der Waals surface area (Å²) in [6.45, 7) is 4.74. The van der Waals surface area contributed by atoms with E-state index >= 15 is 0 Å². The van der Waals surface area contributed by atoms with Gasteiger partial charge in [0.15, 0.2) is 0 Å². The molecule has 0 aliphatic carbocycles. The molecule has 0 radical (unpaired) electrons. The Balaban J connectivity index is 1.49. The summed E-state index contributed by atoms with van der Waals surface area (Å²) in [5, 5.41) is 22.6. The molecule has 7 nitrogen and oxygen atoms in total. The fourth-order valence-corrected chi connectivity index (χ4v) is 3.76. The van der Waals surface area contributed by atoms with Crippen molar-refractivity contribution in [3.05, 3.63) is 29.3 Å². The molecule has 2 N–H and O–H groups in total. The average molecular weight is 375 g/mol. The van der Waals surface area contributed by atoms with E-state index in [1.807, 2.05) is 12.1 Å². The Morgan fingerprint density at radius 2 is 1.96 bits per heavy atom. The molecule has 26 heavy (non-hydrogen) atoms. The van der Waals surface area contributed by atoms with E-state index in [1.54, 1.807) is 17.0 Å². The van der Waals surface area contributed by atoms with Crippen LogP contribution in [-0.2, 0) is 6.42 Å². The summed E-state index contributed by atoms with van der Waals surface area (Å²) in [5.74, 6) is 0.273. The molecule has 3 rings (SSSR count). The van der Waals surface area contributed by atoms with Crippen LogP contribution in [0.3, 0.4) is 0 Å². The van der Waals surface area contributed by atoms with Crippen molar-refractivity contribution in [2.45, 2.75) is 32.6 Å². The highest BCUT2D eigenvalue weighted by molar-refractivity contribution is 7.15. The van der Waals surface area contributed by atoms with Gasteiger partial charge in [0.25, 0.3) is 0 Å². The third-order valence-electron chi connectivity index (χ3n) is 4.46. The number of amides is 2. The average Bonchev–Trinajstić information content (AvgIpc) is 3.10. The number of nitrogens with one attached hydrogen (secondary N) is 1. The van der Waals surface area contributed by atoms with Crippen molar-refractivity contribution in [2.24, 2.45) is 0 Å². The Kier molecular flexibility index (Phi) is 6.27. The highest BCUT2D eigenvalue weighted by Crippen LogP contribution is 2.27. The van der Waals surface area contributed by atoms with Crippen LogP contribution < -0.4 is 10.2 Å². The summed E-state index contributed by atoms with van der Waals surface area (Å²) in [5.41, 5.74) is 0.813. The van der Waals surface area contributed by atoms with Gasteiger partial charge in [-0.25, -0.2) is 4.79 Å². The van der Waals surface area contributed by atoms with E-state index in [4.69, 9.17) is 0 Å². The van der Waals surface area contributed by atoms with E-state index < -0.39 is 0 Å². The van der Waals surface area contributed by atoms with Gasteiger partial charge in [0.1, 0.15) is 10.8 Å². The van der Waals surface area contributed by atoms with E-state index in [0.717, 1.165) is 23.5 Å². The van der Waals surface area contributed by atoms with Crippen LogP contribution in [0, 0.1) is 0 Å². The van der Waals surface area contributed by atoms with Crippen LogP contribution in [0.1, 0.15) is 31.2 Å². The van der Waals surface area contributed by atoms with Gasteiger partial charge in [-0.3, -0.25) is 5.32 Å². The molecule has 1 aliphatic heterocycles. The molecule has 0 saturated carbocycles. The molecular formula is C18H25N5O2S. The van der Waals surface area contributed by atoms with Crippen LogP contribution in [0.5, 0.6) is 5.75 Å². The number of phenolic OH excluding ortho intramolecular Hbond substituents is 1. The molecule has 2 aromatic rings. The Bertz CT molecular complexity index is 728. The first-order valence-corrected chi connectivity index (χ1v) is 9.90. The van der Waals surface area contributed by atoms with Gasteiger partial charge >= 0.3 is 6.03 Å². The Morgan fingerprint density at radius 3 is 2.69 bits per heavy atom. The monoisotopic (exact) mass is 375 g/mol. The van der Waals surface area contributed by atoms with E-state index in [2.05, 4.69) is 27.3 Å². The van der Waals surface area contributed by atoms with Crippen LogP contribution in [0.25, 0.3) is 0 Å². The van der Waals surface area contributed by atoms with Crippen molar-refractivity contribution >= 4 is 28.2 Å². The molecular weight excluding hydrogens is 350 g/mol. The number of carbonyl (C=O) groups excluding carboxylic acids is 1. The molecule has 8 heteroatoms. The Labute approximate surface area is 157 Å². The summed E-state index contributed by atoms with van der Waals surface area (Å²) in [6.07, 6.45) is 4.38. The van der Waals surface area contributed by atoms with Crippen LogP contribution in [-0.4, -0.2) is 52.4 Å². The lowest BCUT2D eigenvalue weighted by Crippen LogP contribution is -2.50. The zero-order chi connectivity index (χ0) is 18.4. The van der Waals surface area contributed by atoms with Crippen molar-refractivity contribution < 1.29 is 9.90 Å². The van der Waals surface area contributed by atoms with Gasteiger partial charge in [-0.2, -0.15) is 0 Å². The molecule has 0 atom stereocenters. The fraction of sp³-hybridized carbons (Fsp3) is 0.500. The van der Waals surface area contributed by atoms with Crippen LogP contribution in [0.2, 0.25) is 0 Å². The van der Waals surface area contributed by atoms with Gasteiger partial charge in [-0.1, -0.05) is 43.2 Å². The lowest BCUT2D eigenvalue weighted by Gasteiger charge is -2.36. The summed E-state index contributed by atoms with van der Waals surface area (Å²) in [4.78, 5) is 16.3. The number of rotatable bonds is 6. The quantitative estimate of drug-likeness (QED) is 0.757. The number of benzene rings is 1. The number of hydrogen-bond donors (Lipinski definition) is 2. The van der Waals surface area contributed by atoms with Crippen molar-refractivity contribution in [1.29, 1.82) is 0 Å². The molecule has 0 unspecified atom stereocenters. The number of anilines is 2. The standard InChI is InChI=1S/C18H25N5O2S/c1-2-3-4-9-16-20-21-17(26-16)19-18(25)23-12-10-22(11-13-23)14-7-5-6-8-15(14)24/h5-8,24H,2-4,9-13H2,1H3,(H,19,21,25). The number of aryl methyl sites for hydroxylation is 1. The van der Waals surface area contributed by atoms with Crippen LogP contribution in [0.15, 0.2) is 24.3 Å². The maximum atomic E-state index is 12.4. The molecule has 1 fully saturated rings. The number of unbranched alkanes of at least 4 members (excludes halogenated alkanes) is 2. The maximum absolute atomic E-state index is 12.4. The second kappa shape index (κ2) is 8.84. The lowest BCUT2D eigenvalue weighted by molar-refractivity contribution is 0.208. The van der Waals surface area contributed by atoms with E-state index in [9.17, 15) is 9.90 Å². The zero-order valence-corrected chi connectivity index (χ0v) is 15.8. The topological polar surface area (TPSA) is 81.6 Å². The molecule has 2 heterocycles. The summed E-state index contributed by atoms with van der Waals surface area (Å²) in [7, 11) is 0. The first-order valence-electron chi connectivity index (χ1n) is 9.08. The molecule has 1 aromatic heterocycles. The second-order valence-electron chi connectivity index (χ2n) is 6.35. The number of nitrogens with zero attached hydrogens (tertiary/aromatic N) is 4. The van der Waals surface area contributed by atoms with Gasteiger partial charge in [-0.05, 0) is 18.6 Å². The molecule has 1 aliphatic rings. The Morgan fingerprint density at radius 1 is 1.19 bits per heavy atom. The first kappa shape index (κ1) is 18.4. The maximum Gasteiger partial charge on any atom is 0.323 e. The molecule has 1 aromatic carbocycles. The number of piperazine rings is 1. The molecule has 1 saturated heterocycles. The molecule has 2 amide bonds. The molecule has 0 spiro atoms. The molecule has 140 valence electrons. The SMILES string of the molecule is CCCCCc1nnc(NC(=O)N2CCN(c3ccccc3O)CC2)s1. The van der Waals surface area contributed by atoms with Crippen LogP contribution >= 0.6 is 11.3 Å². The number of para-hydroxylation sites is 2. The summed E-state index contributed by atoms with van der Waals surface area (Å²) < 4.78 is 0.